The quantitative estimate of drug-likeness (QED) is 0.817. The van der Waals surface area contributed by atoms with Crippen molar-refractivity contribution in [3.05, 3.63) is 52.3 Å². The van der Waals surface area contributed by atoms with Crippen LogP contribution in [-0.2, 0) is 5.41 Å². The molecule has 1 aromatic carbocycles. The van der Waals surface area contributed by atoms with Crippen LogP contribution in [0.5, 0.6) is 0 Å². The first kappa shape index (κ1) is 17.6. The number of benzene rings is 1. The molecule has 5 nitrogen and oxygen atoms in total. The largest absolute Gasteiger partial charge is 0.337 e. The van der Waals surface area contributed by atoms with Gasteiger partial charge >= 0.3 is 6.03 Å². The van der Waals surface area contributed by atoms with Crippen LogP contribution in [0.1, 0.15) is 42.9 Å². The van der Waals surface area contributed by atoms with Gasteiger partial charge in [-0.15, -0.1) is 0 Å². The summed E-state index contributed by atoms with van der Waals surface area (Å²) < 4.78 is 3.09. The fraction of sp³-hybridized carbons (Fsp3) is 0.500. The van der Waals surface area contributed by atoms with Gasteiger partial charge in [-0.05, 0) is 49.4 Å². The van der Waals surface area contributed by atoms with Gasteiger partial charge in [0.05, 0.1) is 12.2 Å². The highest BCUT2D eigenvalue weighted by molar-refractivity contribution is 9.10. The average molecular weight is 417 g/mol. The van der Waals surface area contributed by atoms with Gasteiger partial charge < -0.3 is 10.2 Å². The molecule has 6 heteroatoms. The first-order chi connectivity index (χ1) is 12.6. The monoisotopic (exact) mass is 416 g/mol. The Morgan fingerprint density at radius 1 is 1.35 bits per heavy atom. The number of hydrogen-bond donors (Lipinski definition) is 1. The van der Waals surface area contributed by atoms with Crippen molar-refractivity contribution in [2.75, 3.05) is 19.6 Å². The lowest BCUT2D eigenvalue weighted by Crippen LogP contribution is -2.49. The molecule has 1 aromatic heterocycles. The Morgan fingerprint density at radius 2 is 2.12 bits per heavy atom. The molecule has 1 unspecified atom stereocenters. The number of carbonyl (C=O) groups is 1. The number of hydrogen-bond acceptors (Lipinski definition) is 2. The number of aromatic nitrogens is 2. The number of carbonyl (C=O) groups excluding carboxylic acids is 1. The number of nitrogens with zero attached hydrogens (tertiary/aromatic N) is 3. The summed E-state index contributed by atoms with van der Waals surface area (Å²) in [5.41, 5.74) is 2.60. The third kappa shape index (κ3) is 3.39. The van der Waals surface area contributed by atoms with Crippen molar-refractivity contribution < 1.29 is 4.79 Å². The van der Waals surface area contributed by atoms with E-state index in [1.165, 1.54) is 12.0 Å². The summed E-state index contributed by atoms with van der Waals surface area (Å²) in [6.07, 6.45) is 8.42. The van der Waals surface area contributed by atoms with Gasteiger partial charge in [-0.3, -0.25) is 4.68 Å². The molecule has 2 aliphatic rings. The van der Waals surface area contributed by atoms with E-state index < -0.39 is 0 Å². The minimum absolute atomic E-state index is 0.0553. The van der Waals surface area contributed by atoms with Crippen molar-refractivity contribution >= 4 is 22.0 Å². The smallest absolute Gasteiger partial charge is 0.317 e. The van der Waals surface area contributed by atoms with Crippen LogP contribution in [0.3, 0.4) is 0 Å². The predicted molar refractivity (Wildman–Crippen MR) is 105 cm³/mol. The van der Waals surface area contributed by atoms with E-state index in [1.807, 2.05) is 22.7 Å². The average Bonchev–Trinajstić information content (AvgIpc) is 3.24. The highest BCUT2D eigenvalue weighted by atomic mass is 79.9. The molecule has 1 saturated carbocycles. The lowest BCUT2D eigenvalue weighted by atomic mass is 9.64. The first-order valence-corrected chi connectivity index (χ1v) is 10.1. The number of halogens is 1. The Balaban J connectivity index is 1.35. The van der Waals surface area contributed by atoms with Gasteiger partial charge in [0.25, 0.3) is 0 Å². The lowest BCUT2D eigenvalue weighted by Gasteiger charge is -2.43. The molecule has 1 aliphatic heterocycles. The molecule has 1 N–H and O–H groups in total. The minimum atomic E-state index is 0.0553. The fourth-order valence-corrected chi connectivity index (χ4v) is 4.37. The van der Waals surface area contributed by atoms with Crippen molar-refractivity contribution in [2.24, 2.45) is 0 Å². The van der Waals surface area contributed by atoms with E-state index in [0.29, 0.717) is 6.04 Å². The summed E-state index contributed by atoms with van der Waals surface area (Å²) in [6, 6.07) is 8.89. The SMILES string of the molecule is Cc1cnn(C2CCN(C(=O)NCC3(c4ccc(Br)cc4)CCC3)C2)c1. The van der Waals surface area contributed by atoms with Gasteiger partial charge in [-0.25, -0.2) is 4.79 Å². The Hall–Kier alpha value is -1.82. The first-order valence-electron chi connectivity index (χ1n) is 9.35. The summed E-state index contributed by atoms with van der Waals surface area (Å²) in [4.78, 5) is 14.6. The third-order valence-corrected chi connectivity index (χ3v) is 6.43. The van der Waals surface area contributed by atoms with Crippen LogP contribution in [0.2, 0.25) is 0 Å². The van der Waals surface area contributed by atoms with E-state index in [9.17, 15) is 4.79 Å². The van der Waals surface area contributed by atoms with Crippen molar-refractivity contribution in [3.63, 3.8) is 0 Å². The van der Waals surface area contributed by atoms with E-state index >= 15 is 0 Å². The van der Waals surface area contributed by atoms with Gasteiger partial charge in [-0.2, -0.15) is 5.10 Å². The van der Waals surface area contributed by atoms with Crippen LogP contribution in [0, 0.1) is 6.92 Å². The van der Waals surface area contributed by atoms with Gasteiger partial charge in [-0.1, -0.05) is 34.5 Å². The molecule has 2 heterocycles. The summed E-state index contributed by atoms with van der Waals surface area (Å²) in [7, 11) is 0. The van der Waals surface area contributed by atoms with Crippen LogP contribution < -0.4 is 5.32 Å². The van der Waals surface area contributed by atoms with Gasteiger partial charge in [0.2, 0.25) is 0 Å². The van der Waals surface area contributed by atoms with E-state index in [2.05, 4.69) is 56.8 Å². The molecule has 1 aliphatic carbocycles. The molecule has 1 saturated heterocycles. The van der Waals surface area contributed by atoms with Crippen molar-refractivity contribution in [2.45, 2.75) is 44.1 Å². The summed E-state index contributed by atoms with van der Waals surface area (Å²) in [6.45, 7) is 4.29. The molecular formula is C20H25BrN4O. The lowest BCUT2D eigenvalue weighted by molar-refractivity contribution is 0.190. The van der Waals surface area contributed by atoms with Crippen LogP contribution >= 0.6 is 15.9 Å². The van der Waals surface area contributed by atoms with E-state index in [4.69, 9.17) is 0 Å². The van der Waals surface area contributed by atoms with Gasteiger partial charge in [0.1, 0.15) is 0 Å². The zero-order valence-corrected chi connectivity index (χ0v) is 16.7. The summed E-state index contributed by atoms with van der Waals surface area (Å²) >= 11 is 3.50. The van der Waals surface area contributed by atoms with Crippen molar-refractivity contribution in [1.82, 2.24) is 20.0 Å². The topological polar surface area (TPSA) is 50.2 Å². The second-order valence-corrected chi connectivity index (χ2v) is 8.60. The Bertz CT molecular complexity index is 781. The Labute approximate surface area is 162 Å². The molecule has 2 fully saturated rings. The van der Waals surface area contributed by atoms with Crippen LogP contribution in [0.15, 0.2) is 41.1 Å². The molecule has 1 atom stereocenters. The van der Waals surface area contributed by atoms with Gasteiger partial charge in [0, 0.05) is 35.7 Å². The van der Waals surface area contributed by atoms with Gasteiger partial charge in [0.15, 0.2) is 0 Å². The zero-order chi connectivity index (χ0) is 18.1. The van der Waals surface area contributed by atoms with Crippen LogP contribution in [-0.4, -0.2) is 40.3 Å². The van der Waals surface area contributed by atoms with E-state index in [-0.39, 0.29) is 11.4 Å². The minimum Gasteiger partial charge on any atom is -0.337 e. The highest BCUT2D eigenvalue weighted by Crippen LogP contribution is 2.43. The maximum atomic E-state index is 12.7. The molecule has 26 heavy (non-hydrogen) atoms. The molecule has 2 amide bonds. The Morgan fingerprint density at radius 3 is 2.73 bits per heavy atom. The summed E-state index contributed by atoms with van der Waals surface area (Å²) in [5.74, 6) is 0. The number of aryl methyl sites for hydroxylation is 1. The standard InChI is InChI=1S/C20H25BrN4O/c1-15-11-23-25(12-15)18-7-10-24(13-18)19(26)22-14-20(8-2-9-20)16-3-5-17(21)6-4-16/h3-6,11-12,18H,2,7-10,13-14H2,1H3,(H,22,26). The zero-order valence-electron chi connectivity index (χ0n) is 15.1. The molecule has 2 aromatic rings. The summed E-state index contributed by atoms with van der Waals surface area (Å²) in [5, 5.41) is 7.60. The van der Waals surface area contributed by atoms with Crippen LogP contribution in [0.25, 0.3) is 0 Å². The second-order valence-electron chi connectivity index (χ2n) is 7.69. The second kappa shape index (κ2) is 7.06. The number of urea groups is 1. The Kier molecular flexibility index (Phi) is 4.78. The number of nitrogens with one attached hydrogen (secondary N) is 1. The normalized spacial score (nSPS) is 21.5. The fourth-order valence-electron chi connectivity index (χ4n) is 4.11. The number of amides is 2. The number of likely N-dealkylation sites (tertiary alicyclic amines) is 1. The molecule has 0 radical (unpaired) electrons. The maximum absolute atomic E-state index is 12.7. The van der Waals surface area contributed by atoms with Crippen molar-refractivity contribution in [3.8, 4) is 0 Å². The third-order valence-electron chi connectivity index (χ3n) is 5.90. The molecule has 4 rings (SSSR count). The predicted octanol–water partition coefficient (Wildman–Crippen LogP) is 4.03. The maximum Gasteiger partial charge on any atom is 0.317 e. The molecule has 0 spiro atoms. The molecular weight excluding hydrogens is 392 g/mol. The van der Waals surface area contributed by atoms with Crippen LogP contribution in [0.4, 0.5) is 4.79 Å². The van der Waals surface area contributed by atoms with E-state index in [1.54, 1.807) is 0 Å². The highest BCUT2D eigenvalue weighted by Gasteiger charge is 2.39. The number of rotatable bonds is 4. The molecule has 0 bridgehead atoms. The van der Waals surface area contributed by atoms with Crippen molar-refractivity contribution in [1.29, 1.82) is 0 Å². The molecule has 138 valence electrons. The van der Waals surface area contributed by atoms with E-state index in [0.717, 1.165) is 48.9 Å².